The highest BCUT2D eigenvalue weighted by Crippen LogP contribution is 2.28. The van der Waals surface area contributed by atoms with E-state index in [1.807, 2.05) is 20.8 Å². The second-order valence-corrected chi connectivity index (χ2v) is 9.16. The van der Waals surface area contributed by atoms with Crippen molar-refractivity contribution in [3.05, 3.63) is 59.7 Å². The first-order valence-corrected chi connectivity index (χ1v) is 10.8. The van der Waals surface area contributed by atoms with Gasteiger partial charge in [0.15, 0.2) is 0 Å². The van der Waals surface area contributed by atoms with Crippen LogP contribution in [0.2, 0.25) is 0 Å². The Morgan fingerprint density at radius 2 is 1.71 bits per heavy atom. The van der Waals surface area contributed by atoms with Gasteiger partial charge in [-0.2, -0.15) is 0 Å². The maximum Gasteiger partial charge on any atom is 0.332 e. The van der Waals surface area contributed by atoms with Crippen LogP contribution in [0.4, 0.5) is 0 Å². The highest BCUT2D eigenvalue weighted by Gasteiger charge is 2.15. The first-order valence-electron chi connectivity index (χ1n) is 9.95. The van der Waals surface area contributed by atoms with E-state index < -0.39 is 5.60 Å². The highest BCUT2D eigenvalue weighted by molar-refractivity contribution is 7.99. The van der Waals surface area contributed by atoms with Crippen LogP contribution >= 0.6 is 11.8 Å². The van der Waals surface area contributed by atoms with Gasteiger partial charge in [-0.3, -0.25) is 0 Å². The van der Waals surface area contributed by atoms with E-state index in [-0.39, 0.29) is 12.6 Å². The first kappa shape index (κ1) is 22.5. The monoisotopic (exact) mass is 400 g/mol. The molecule has 28 heavy (non-hydrogen) atoms. The predicted molar refractivity (Wildman–Crippen MR) is 116 cm³/mol. The van der Waals surface area contributed by atoms with E-state index in [2.05, 4.69) is 55.5 Å². The Bertz CT molecular complexity index is 732. The summed E-state index contributed by atoms with van der Waals surface area (Å²) in [6.45, 7) is 8.34. The van der Waals surface area contributed by atoms with Crippen molar-refractivity contribution in [3.8, 4) is 0 Å². The second kappa shape index (κ2) is 11.3. The lowest BCUT2D eigenvalue weighted by Crippen LogP contribution is -2.26. The van der Waals surface area contributed by atoms with Crippen LogP contribution in [-0.4, -0.2) is 24.8 Å². The van der Waals surface area contributed by atoms with Gasteiger partial charge in [0.2, 0.25) is 0 Å². The van der Waals surface area contributed by atoms with Crippen molar-refractivity contribution in [1.29, 1.82) is 0 Å². The summed E-state index contributed by atoms with van der Waals surface area (Å²) >= 11 is 1.80. The molecule has 4 heteroatoms. The zero-order chi connectivity index (χ0) is 20.4. The molecule has 3 nitrogen and oxygen atoms in total. The average molecular weight is 401 g/mol. The summed E-state index contributed by atoms with van der Waals surface area (Å²) in [5, 5.41) is 0. The van der Waals surface area contributed by atoms with Crippen molar-refractivity contribution in [3.63, 3.8) is 0 Å². The standard InChI is InChI=1S/C24H32O3S/c1-19-9-8-11-22(17-19)28-21-14-12-20(13-15-21)10-6-5-7-16-26-18-23(25)27-24(2,3)4/h8-9,11-15,17H,5-7,10,16,18H2,1-4H3. The van der Waals surface area contributed by atoms with Crippen molar-refractivity contribution in [1.82, 2.24) is 0 Å². The number of ether oxygens (including phenoxy) is 2. The number of aryl methyl sites for hydroxylation is 2. The molecule has 0 atom stereocenters. The van der Waals surface area contributed by atoms with Crippen LogP contribution in [0.3, 0.4) is 0 Å². The second-order valence-electron chi connectivity index (χ2n) is 8.01. The van der Waals surface area contributed by atoms with Crippen LogP contribution in [0.25, 0.3) is 0 Å². The van der Waals surface area contributed by atoms with Gasteiger partial charge in [0.05, 0.1) is 0 Å². The summed E-state index contributed by atoms with van der Waals surface area (Å²) in [6, 6.07) is 17.4. The largest absolute Gasteiger partial charge is 0.458 e. The van der Waals surface area contributed by atoms with Gasteiger partial charge in [0.1, 0.15) is 12.2 Å². The minimum absolute atomic E-state index is 0.0390. The Labute approximate surface area is 173 Å². The zero-order valence-electron chi connectivity index (χ0n) is 17.5. The SMILES string of the molecule is Cc1cccc(Sc2ccc(CCCCCOCC(=O)OC(C)(C)C)cc2)c1. The fraction of sp³-hybridized carbons (Fsp3) is 0.458. The van der Waals surface area contributed by atoms with E-state index in [1.54, 1.807) is 11.8 Å². The summed E-state index contributed by atoms with van der Waals surface area (Å²) < 4.78 is 10.6. The molecule has 0 aliphatic heterocycles. The van der Waals surface area contributed by atoms with Crippen molar-refractivity contribution < 1.29 is 14.3 Å². The van der Waals surface area contributed by atoms with Gasteiger partial charge >= 0.3 is 5.97 Å². The van der Waals surface area contributed by atoms with Crippen LogP contribution < -0.4 is 0 Å². The van der Waals surface area contributed by atoms with Crippen molar-refractivity contribution in [2.24, 2.45) is 0 Å². The van der Waals surface area contributed by atoms with E-state index in [1.165, 1.54) is 20.9 Å². The molecule has 152 valence electrons. The van der Waals surface area contributed by atoms with Crippen molar-refractivity contribution >= 4 is 17.7 Å². The Balaban J connectivity index is 1.59. The molecular weight excluding hydrogens is 368 g/mol. The molecule has 0 spiro atoms. The predicted octanol–water partition coefficient (Wildman–Crippen LogP) is 6.22. The molecule has 0 aliphatic rings. The number of rotatable bonds is 10. The van der Waals surface area contributed by atoms with E-state index in [4.69, 9.17) is 9.47 Å². The van der Waals surface area contributed by atoms with Crippen LogP contribution in [-0.2, 0) is 20.7 Å². The molecule has 0 aliphatic carbocycles. The smallest absolute Gasteiger partial charge is 0.332 e. The minimum atomic E-state index is -0.450. The Kier molecular flexibility index (Phi) is 9.07. The molecule has 2 aromatic rings. The Morgan fingerprint density at radius 3 is 2.39 bits per heavy atom. The Morgan fingerprint density at radius 1 is 0.964 bits per heavy atom. The topological polar surface area (TPSA) is 35.5 Å². The molecule has 0 unspecified atom stereocenters. The minimum Gasteiger partial charge on any atom is -0.458 e. The van der Waals surface area contributed by atoms with Crippen molar-refractivity contribution in [2.75, 3.05) is 13.2 Å². The molecule has 2 rings (SSSR count). The number of unbranched alkanes of at least 4 members (excludes halogenated alkanes) is 2. The van der Waals surface area contributed by atoms with E-state index >= 15 is 0 Å². The third-order valence-electron chi connectivity index (χ3n) is 4.04. The summed E-state index contributed by atoms with van der Waals surface area (Å²) in [5.41, 5.74) is 2.20. The molecule has 0 N–H and O–H groups in total. The molecule has 0 radical (unpaired) electrons. The average Bonchev–Trinajstić information content (AvgIpc) is 2.61. The van der Waals surface area contributed by atoms with Crippen LogP contribution in [0.15, 0.2) is 58.3 Å². The molecular formula is C24H32O3S. The third kappa shape index (κ3) is 9.43. The zero-order valence-corrected chi connectivity index (χ0v) is 18.3. The van der Waals surface area contributed by atoms with E-state index in [9.17, 15) is 4.79 Å². The van der Waals surface area contributed by atoms with Gasteiger partial charge < -0.3 is 9.47 Å². The highest BCUT2D eigenvalue weighted by atomic mass is 32.2. The first-order chi connectivity index (χ1) is 13.3. The maximum atomic E-state index is 11.5. The normalized spacial score (nSPS) is 11.4. The molecule has 0 fully saturated rings. The lowest BCUT2D eigenvalue weighted by atomic mass is 10.1. The summed E-state index contributed by atoms with van der Waals surface area (Å²) in [5.74, 6) is -0.295. The fourth-order valence-corrected chi connectivity index (χ4v) is 3.71. The van der Waals surface area contributed by atoms with Crippen LogP contribution in [0.1, 0.15) is 51.2 Å². The maximum absolute atomic E-state index is 11.5. The van der Waals surface area contributed by atoms with E-state index in [0.717, 1.165) is 25.7 Å². The number of carbonyl (C=O) groups is 1. The third-order valence-corrected chi connectivity index (χ3v) is 5.04. The lowest BCUT2D eigenvalue weighted by molar-refractivity contribution is -0.160. The number of hydrogen-bond acceptors (Lipinski definition) is 4. The van der Waals surface area contributed by atoms with Crippen LogP contribution in [0, 0.1) is 6.92 Å². The van der Waals surface area contributed by atoms with Crippen molar-refractivity contribution in [2.45, 2.75) is 68.8 Å². The molecule has 0 bridgehead atoms. The molecule has 2 aromatic carbocycles. The summed E-state index contributed by atoms with van der Waals surface area (Å²) in [4.78, 5) is 14.1. The van der Waals surface area contributed by atoms with E-state index in [0.29, 0.717) is 6.61 Å². The van der Waals surface area contributed by atoms with Gasteiger partial charge in [-0.25, -0.2) is 4.79 Å². The van der Waals surface area contributed by atoms with Gasteiger partial charge in [0, 0.05) is 16.4 Å². The quantitative estimate of drug-likeness (QED) is 0.350. The van der Waals surface area contributed by atoms with Crippen LogP contribution in [0.5, 0.6) is 0 Å². The van der Waals surface area contributed by atoms with Gasteiger partial charge in [0.25, 0.3) is 0 Å². The summed E-state index contributed by atoms with van der Waals surface area (Å²) in [6.07, 6.45) is 4.25. The number of hydrogen-bond donors (Lipinski definition) is 0. The van der Waals surface area contributed by atoms with Gasteiger partial charge in [-0.1, -0.05) is 48.0 Å². The molecule has 0 saturated carbocycles. The number of benzene rings is 2. The lowest BCUT2D eigenvalue weighted by Gasteiger charge is -2.19. The van der Waals surface area contributed by atoms with Gasteiger partial charge in [-0.15, -0.1) is 0 Å². The molecule has 0 amide bonds. The Hall–Kier alpha value is -1.78. The summed E-state index contributed by atoms with van der Waals surface area (Å²) in [7, 11) is 0. The number of carbonyl (C=O) groups excluding carboxylic acids is 1. The number of esters is 1. The fourth-order valence-electron chi connectivity index (χ4n) is 2.78. The molecule has 0 heterocycles. The molecule has 0 aromatic heterocycles. The molecule has 0 saturated heterocycles. The van der Waals surface area contributed by atoms with Gasteiger partial charge in [-0.05, 0) is 76.8 Å².